The number of carbonyl (C=O) groups excluding carboxylic acids is 1. The second-order valence-corrected chi connectivity index (χ2v) is 6.34. The third kappa shape index (κ3) is 5.31. The van der Waals surface area contributed by atoms with Crippen LogP contribution in [0.1, 0.15) is 63.9 Å². The average molecular weight is 321 g/mol. The molecule has 1 N–H and O–H groups in total. The highest BCUT2D eigenvalue weighted by molar-refractivity contribution is 5.69. The van der Waals surface area contributed by atoms with E-state index in [1.54, 1.807) is 12.1 Å². The van der Waals surface area contributed by atoms with Crippen LogP contribution >= 0.6 is 0 Å². The van der Waals surface area contributed by atoms with Gasteiger partial charge in [0.25, 0.3) is 0 Å². The zero-order valence-electron chi connectivity index (χ0n) is 14.1. The molecule has 23 heavy (non-hydrogen) atoms. The molecule has 3 nitrogen and oxygen atoms in total. The van der Waals surface area contributed by atoms with Crippen molar-refractivity contribution in [2.75, 3.05) is 13.2 Å². The van der Waals surface area contributed by atoms with Crippen LogP contribution in [0.15, 0.2) is 24.3 Å². The predicted molar refractivity (Wildman–Crippen MR) is 89.6 cm³/mol. The van der Waals surface area contributed by atoms with Crippen LogP contribution in [0.5, 0.6) is 0 Å². The molecule has 0 radical (unpaired) electrons. The highest BCUT2D eigenvalue weighted by Crippen LogP contribution is 2.38. The Morgan fingerprint density at radius 1 is 1.17 bits per heavy atom. The van der Waals surface area contributed by atoms with E-state index in [4.69, 9.17) is 4.74 Å². The Balaban J connectivity index is 1.75. The maximum atomic E-state index is 13.2. The summed E-state index contributed by atoms with van der Waals surface area (Å²) in [5.41, 5.74) is 1.21. The smallest absolute Gasteiger partial charge is 0.305 e. The highest BCUT2D eigenvalue weighted by atomic mass is 19.1. The standard InChI is InChI=1S/C19H28FNO2/c1-2-23-18(22)8-4-3-7-15-21-19(13-5-6-14-19)16-9-11-17(20)12-10-16/h9-12,21H,2-8,13-15H2,1H3. The molecule has 1 saturated carbocycles. The minimum atomic E-state index is -0.180. The predicted octanol–water partition coefficient (Wildman–Crippen LogP) is 4.31. The van der Waals surface area contributed by atoms with Gasteiger partial charge in [-0.2, -0.15) is 0 Å². The number of halogens is 1. The first-order valence-corrected chi connectivity index (χ1v) is 8.83. The van der Waals surface area contributed by atoms with Crippen LogP contribution in [0, 0.1) is 5.82 Å². The molecule has 0 saturated heterocycles. The van der Waals surface area contributed by atoms with Crippen molar-refractivity contribution in [3.8, 4) is 0 Å². The maximum absolute atomic E-state index is 13.2. The average Bonchev–Trinajstić information content (AvgIpc) is 3.01. The van der Waals surface area contributed by atoms with E-state index in [0.717, 1.165) is 38.6 Å². The van der Waals surface area contributed by atoms with E-state index in [1.165, 1.54) is 18.4 Å². The van der Waals surface area contributed by atoms with Crippen molar-refractivity contribution in [2.45, 2.75) is 63.8 Å². The number of hydrogen-bond donors (Lipinski definition) is 1. The fourth-order valence-corrected chi connectivity index (χ4v) is 3.45. The summed E-state index contributed by atoms with van der Waals surface area (Å²) in [6.07, 6.45) is 8.11. The molecule has 4 heteroatoms. The van der Waals surface area contributed by atoms with Crippen molar-refractivity contribution in [2.24, 2.45) is 0 Å². The van der Waals surface area contributed by atoms with Crippen LogP contribution in [0.25, 0.3) is 0 Å². The lowest BCUT2D eigenvalue weighted by atomic mass is 9.88. The molecular formula is C19H28FNO2. The summed E-state index contributed by atoms with van der Waals surface area (Å²) in [5, 5.41) is 3.71. The summed E-state index contributed by atoms with van der Waals surface area (Å²) < 4.78 is 18.1. The molecule has 1 aromatic rings. The molecule has 0 heterocycles. The zero-order valence-corrected chi connectivity index (χ0v) is 14.1. The lowest BCUT2D eigenvalue weighted by molar-refractivity contribution is -0.143. The van der Waals surface area contributed by atoms with Crippen LogP contribution < -0.4 is 5.32 Å². The van der Waals surface area contributed by atoms with E-state index >= 15 is 0 Å². The SMILES string of the molecule is CCOC(=O)CCCCCNC1(c2ccc(F)cc2)CCCC1. The number of rotatable bonds is 9. The van der Waals surface area contributed by atoms with Crippen molar-refractivity contribution in [1.29, 1.82) is 0 Å². The van der Waals surface area contributed by atoms with Gasteiger partial charge in [-0.3, -0.25) is 4.79 Å². The maximum Gasteiger partial charge on any atom is 0.305 e. The molecular weight excluding hydrogens is 293 g/mol. The van der Waals surface area contributed by atoms with Gasteiger partial charge in [-0.1, -0.05) is 31.4 Å². The van der Waals surface area contributed by atoms with Crippen molar-refractivity contribution in [3.05, 3.63) is 35.6 Å². The largest absolute Gasteiger partial charge is 0.466 e. The highest BCUT2D eigenvalue weighted by Gasteiger charge is 2.34. The fourth-order valence-electron chi connectivity index (χ4n) is 3.45. The molecule has 1 aliphatic rings. The zero-order chi connectivity index (χ0) is 16.5. The van der Waals surface area contributed by atoms with Crippen molar-refractivity contribution in [3.63, 3.8) is 0 Å². The normalized spacial score (nSPS) is 16.4. The Hall–Kier alpha value is -1.42. The Bertz CT molecular complexity index is 481. The summed E-state index contributed by atoms with van der Waals surface area (Å²) in [6, 6.07) is 6.93. The topological polar surface area (TPSA) is 38.3 Å². The molecule has 0 bridgehead atoms. The van der Waals surface area contributed by atoms with Gasteiger partial charge in [0.1, 0.15) is 5.82 Å². The van der Waals surface area contributed by atoms with Crippen LogP contribution in [0.3, 0.4) is 0 Å². The Morgan fingerprint density at radius 3 is 2.52 bits per heavy atom. The number of carbonyl (C=O) groups is 1. The molecule has 0 unspecified atom stereocenters. The molecule has 0 atom stereocenters. The van der Waals surface area contributed by atoms with E-state index in [1.807, 2.05) is 19.1 Å². The first-order valence-electron chi connectivity index (χ1n) is 8.83. The van der Waals surface area contributed by atoms with Gasteiger partial charge in [-0.25, -0.2) is 4.39 Å². The van der Waals surface area contributed by atoms with Crippen LogP contribution in [-0.2, 0) is 15.1 Å². The second-order valence-electron chi connectivity index (χ2n) is 6.34. The van der Waals surface area contributed by atoms with Gasteiger partial charge >= 0.3 is 5.97 Å². The summed E-state index contributed by atoms with van der Waals surface area (Å²) in [4.78, 5) is 11.3. The van der Waals surface area contributed by atoms with E-state index in [-0.39, 0.29) is 17.3 Å². The van der Waals surface area contributed by atoms with Gasteiger partial charge in [0, 0.05) is 12.0 Å². The number of unbranched alkanes of at least 4 members (excludes halogenated alkanes) is 2. The molecule has 1 aliphatic carbocycles. The molecule has 0 aliphatic heterocycles. The monoisotopic (exact) mass is 321 g/mol. The summed E-state index contributed by atoms with van der Waals surface area (Å²) in [7, 11) is 0. The van der Waals surface area contributed by atoms with Crippen molar-refractivity contribution in [1.82, 2.24) is 5.32 Å². The van der Waals surface area contributed by atoms with Gasteiger partial charge in [0.05, 0.1) is 6.61 Å². The lowest BCUT2D eigenvalue weighted by Crippen LogP contribution is -2.40. The summed E-state index contributed by atoms with van der Waals surface area (Å²) in [6.45, 7) is 3.22. The van der Waals surface area contributed by atoms with E-state index in [2.05, 4.69) is 5.32 Å². The minimum absolute atomic E-state index is 0.00877. The first kappa shape index (κ1) is 17.9. The number of esters is 1. The van der Waals surface area contributed by atoms with Gasteiger partial charge in [0.15, 0.2) is 0 Å². The van der Waals surface area contributed by atoms with Crippen molar-refractivity contribution >= 4 is 5.97 Å². The Labute approximate surface area is 138 Å². The second kappa shape index (κ2) is 9.02. The molecule has 0 spiro atoms. The number of benzene rings is 1. The summed E-state index contributed by atoms with van der Waals surface area (Å²) in [5.74, 6) is -0.278. The molecule has 2 rings (SSSR count). The first-order chi connectivity index (χ1) is 11.2. The van der Waals surface area contributed by atoms with Gasteiger partial charge in [-0.15, -0.1) is 0 Å². The minimum Gasteiger partial charge on any atom is -0.466 e. The third-order valence-electron chi connectivity index (χ3n) is 4.68. The van der Waals surface area contributed by atoms with Gasteiger partial charge < -0.3 is 10.1 Å². The number of nitrogens with one attached hydrogen (secondary N) is 1. The Morgan fingerprint density at radius 2 is 1.87 bits per heavy atom. The third-order valence-corrected chi connectivity index (χ3v) is 4.68. The molecule has 1 aromatic carbocycles. The molecule has 128 valence electrons. The summed E-state index contributed by atoms with van der Waals surface area (Å²) >= 11 is 0. The van der Waals surface area contributed by atoms with E-state index in [9.17, 15) is 9.18 Å². The van der Waals surface area contributed by atoms with Gasteiger partial charge in [0.2, 0.25) is 0 Å². The van der Waals surface area contributed by atoms with Crippen molar-refractivity contribution < 1.29 is 13.9 Å². The molecule has 1 fully saturated rings. The lowest BCUT2D eigenvalue weighted by Gasteiger charge is -2.31. The van der Waals surface area contributed by atoms with E-state index in [0.29, 0.717) is 13.0 Å². The number of hydrogen-bond acceptors (Lipinski definition) is 3. The van der Waals surface area contributed by atoms with E-state index < -0.39 is 0 Å². The van der Waals surface area contributed by atoms with Gasteiger partial charge in [-0.05, 0) is 56.8 Å². The van der Waals surface area contributed by atoms with Crippen LogP contribution in [0.4, 0.5) is 4.39 Å². The fraction of sp³-hybridized carbons (Fsp3) is 0.632. The molecule has 0 amide bonds. The van der Waals surface area contributed by atoms with Crippen LogP contribution in [0.2, 0.25) is 0 Å². The molecule has 0 aromatic heterocycles. The van der Waals surface area contributed by atoms with Crippen LogP contribution in [-0.4, -0.2) is 19.1 Å². The Kier molecular flexibility index (Phi) is 7.03. The number of ether oxygens (including phenoxy) is 1. The quantitative estimate of drug-likeness (QED) is 0.544.